The van der Waals surface area contributed by atoms with Gasteiger partial charge in [0.05, 0.1) is 24.3 Å². The zero-order valence-electron chi connectivity index (χ0n) is 27.6. The molecule has 4 rings (SSSR count). The van der Waals surface area contributed by atoms with Crippen LogP contribution in [-0.4, -0.2) is 57.5 Å². The summed E-state index contributed by atoms with van der Waals surface area (Å²) in [5, 5.41) is 3.41. The molecule has 48 heavy (non-hydrogen) atoms. The van der Waals surface area contributed by atoms with E-state index in [1.54, 1.807) is 56.5 Å². The van der Waals surface area contributed by atoms with Gasteiger partial charge in [0.15, 0.2) is 0 Å². The van der Waals surface area contributed by atoms with Crippen molar-refractivity contribution in [3.63, 3.8) is 0 Å². The monoisotopic (exact) mass is 691 g/mol. The van der Waals surface area contributed by atoms with Crippen LogP contribution in [0.25, 0.3) is 0 Å². The van der Waals surface area contributed by atoms with Gasteiger partial charge in [-0.05, 0) is 79.9 Å². The van der Waals surface area contributed by atoms with Crippen LogP contribution >= 0.6 is 11.6 Å². The normalized spacial score (nSPS) is 12.4. The van der Waals surface area contributed by atoms with Gasteiger partial charge in [0.25, 0.3) is 10.0 Å². The van der Waals surface area contributed by atoms with Gasteiger partial charge in [0.1, 0.15) is 24.1 Å². The van der Waals surface area contributed by atoms with Crippen molar-refractivity contribution < 1.29 is 27.5 Å². The summed E-state index contributed by atoms with van der Waals surface area (Å²) >= 11 is 6.09. The Morgan fingerprint density at radius 1 is 0.875 bits per heavy atom. The number of nitrogens with one attached hydrogen (secondary N) is 1. The Morgan fingerprint density at radius 2 is 1.54 bits per heavy atom. The van der Waals surface area contributed by atoms with Gasteiger partial charge in [-0.25, -0.2) is 8.42 Å². The highest BCUT2D eigenvalue weighted by Crippen LogP contribution is 2.33. The van der Waals surface area contributed by atoms with Crippen LogP contribution in [0, 0.1) is 0 Å². The van der Waals surface area contributed by atoms with E-state index in [1.165, 1.54) is 29.2 Å². The Balaban J connectivity index is 1.85. The SMILES string of the molecule is CCOc1ccccc1N(CC(=O)N(Cc1cccc(OC)c1)[C@H](Cc1ccccc1)C(=O)N[C@@H](C)CC)S(=O)(=O)c1ccc(Cl)cc1. The second-order valence-corrected chi connectivity index (χ2v) is 13.6. The molecule has 4 aromatic carbocycles. The maximum Gasteiger partial charge on any atom is 0.264 e. The Labute approximate surface area is 288 Å². The summed E-state index contributed by atoms with van der Waals surface area (Å²) in [7, 11) is -2.77. The molecule has 0 fully saturated rings. The number of hydrogen-bond acceptors (Lipinski definition) is 6. The van der Waals surface area contributed by atoms with Crippen molar-refractivity contribution in [2.45, 2.75) is 57.1 Å². The molecular formula is C37H42ClN3O6S. The number of hydrogen-bond donors (Lipinski definition) is 1. The molecule has 0 spiro atoms. The van der Waals surface area contributed by atoms with E-state index in [9.17, 15) is 18.0 Å². The Bertz CT molecular complexity index is 1770. The molecule has 0 aliphatic heterocycles. The van der Waals surface area contributed by atoms with Crippen LogP contribution in [0.2, 0.25) is 5.02 Å². The highest BCUT2D eigenvalue weighted by atomic mass is 35.5. The number of para-hydroxylation sites is 2. The quantitative estimate of drug-likeness (QED) is 0.144. The smallest absolute Gasteiger partial charge is 0.264 e. The van der Waals surface area contributed by atoms with Crippen molar-refractivity contribution in [1.29, 1.82) is 0 Å². The van der Waals surface area contributed by atoms with Crippen LogP contribution in [-0.2, 0) is 32.6 Å². The van der Waals surface area contributed by atoms with Crippen LogP contribution in [0.15, 0.2) is 108 Å². The molecule has 254 valence electrons. The lowest BCUT2D eigenvalue weighted by molar-refractivity contribution is -0.140. The molecule has 9 nitrogen and oxygen atoms in total. The highest BCUT2D eigenvalue weighted by Gasteiger charge is 2.36. The molecule has 0 bridgehead atoms. The molecule has 0 aromatic heterocycles. The molecule has 2 amide bonds. The predicted octanol–water partition coefficient (Wildman–Crippen LogP) is 6.50. The summed E-state index contributed by atoms with van der Waals surface area (Å²) in [6, 6.07) is 27.9. The zero-order chi connectivity index (χ0) is 34.7. The fraction of sp³-hybridized carbons (Fsp3) is 0.297. The van der Waals surface area contributed by atoms with E-state index < -0.39 is 28.5 Å². The van der Waals surface area contributed by atoms with Gasteiger partial charge in [-0.1, -0.05) is 73.1 Å². The number of carbonyl (C=O) groups excluding carboxylic acids is 2. The Hall–Kier alpha value is -4.54. The third-order valence-corrected chi connectivity index (χ3v) is 9.90. The molecule has 11 heteroatoms. The van der Waals surface area contributed by atoms with E-state index in [0.717, 1.165) is 9.87 Å². The second kappa shape index (κ2) is 17.0. The third kappa shape index (κ3) is 9.29. The molecule has 0 aliphatic carbocycles. The minimum Gasteiger partial charge on any atom is -0.497 e. The Kier molecular flexibility index (Phi) is 12.9. The van der Waals surface area contributed by atoms with Crippen LogP contribution < -0.4 is 19.1 Å². The van der Waals surface area contributed by atoms with Crippen LogP contribution in [0.3, 0.4) is 0 Å². The number of nitrogens with zero attached hydrogens (tertiary/aromatic N) is 2. The summed E-state index contributed by atoms with van der Waals surface area (Å²) in [6.07, 6.45) is 0.896. The number of halogens is 1. The first-order valence-corrected chi connectivity index (χ1v) is 17.7. The lowest BCUT2D eigenvalue weighted by atomic mass is 10.0. The molecule has 0 heterocycles. The lowest BCUT2D eigenvalue weighted by Crippen LogP contribution is -2.54. The lowest BCUT2D eigenvalue weighted by Gasteiger charge is -2.34. The summed E-state index contributed by atoms with van der Waals surface area (Å²) < 4.78 is 41.0. The maximum absolute atomic E-state index is 14.7. The summed E-state index contributed by atoms with van der Waals surface area (Å²) in [6.45, 7) is 5.34. The fourth-order valence-corrected chi connectivity index (χ4v) is 6.70. The number of anilines is 1. The predicted molar refractivity (Wildman–Crippen MR) is 189 cm³/mol. The first-order chi connectivity index (χ1) is 23.1. The van der Waals surface area contributed by atoms with E-state index in [2.05, 4.69) is 5.32 Å². The fourth-order valence-electron chi connectivity index (χ4n) is 5.15. The van der Waals surface area contributed by atoms with E-state index in [0.29, 0.717) is 28.5 Å². The molecule has 2 atom stereocenters. The summed E-state index contributed by atoms with van der Waals surface area (Å²) in [5.41, 5.74) is 1.74. The van der Waals surface area contributed by atoms with E-state index in [-0.39, 0.29) is 42.1 Å². The van der Waals surface area contributed by atoms with Crippen LogP contribution in [0.1, 0.15) is 38.3 Å². The van der Waals surface area contributed by atoms with Gasteiger partial charge >= 0.3 is 0 Å². The number of methoxy groups -OCH3 is 1. The molecule has 0 aliphatic rings. The average molecular weight is 692 g/mol. The van der Waals surface area contributed by atoms with Crippen LogP contribution in [0.4, 0.5) is 5.69 Å². The first-order valence-electron chi connectivity index (χ1n) is 15.8. The largest absolute Gasteiger partial charge is 0.497 e. The number of ether oxygens (including phenoxy) is 2. The highest BCUT2D eigenvalue weighted by molar-refractivity contribution is 7.92. The number of amides is 2. The van der Waals surface area contributed by atoms with Gasteiger partial charge < -0.3 is 19.7 Å². The van der Waals surface area contributed by atoms with E-state index in [1.807, 2.05) is 50.2 Å². The zero-order valence-corrected chi connectivity index (χ0v) is 29.2. The molecule has 0 saturated carbocycles. The maximum atomic E-state index is 14.7. The molecule has 0 unspecified atom stereocenters. The number of carbonyl (C=O) groups is 2. The van der Waals surface area contributed by atoms with Crippen molar-refractivity contribution in [2.75, 3.05) is 24.6 Å². The summed E-state index contributed by atoms with van der Waals surface area (Å²) in [4.78, 5) is 30.1. The first kappa shape index (κ1) is 36.3. The van der Waals surface area contributed by atoms with Crippen molar-refractivity contribution in [2.24, 2.45) is 0 Å². The van der Waals surface area contributed by atoms with Crippen molar-refractivity contribution in [3.8, 4) is 11.5 Å². The number of sulfonamides is 1. The average Bonchev–Trinajstić information content (AvgIpc) is 3.09. The van der Waals surface area contributed by atoms with Gasteiger partial charge in [0.2, 0.25) is 11.8 Å². The molecule has 4 aromatic rings. The summed E-state index contributed by atoms with van der Waals surface area (Å²) in [5.74, 6) is -0.0469. The van der Waals surface area contributed by atoms with Crippen LogP contribution in [0.5, 0.6) is 11.5 Å². The van der Waals surface area contributed by atoms with Crippen molar-refractivity contribution >= 4 is 39.1 Å². The Morgan fingerprint density at radius 3 is 2.21 bits per heavy atom. The third-order valence-electron chi connectivity index (χ3n) is 7.87. The van der Waals surface area contributed by atoms with Gasteiger partial charge in [-0.2, -0.15) is 0 Å². The van der Waals surface area contributed by atoms with E-state index >= 15 is 0 Å². The molecule has 1 N–H and O–H groups in total. The second-order valence-electron chi connectivity index (χ2n) is 11.3. The number of benzene rings is 4. The van der Waals surface area contributed by atoms with Gasteiger partial charge in [-0.3, -0.25) is 13.9 Å². The van der Waals surface area contributed by atoms with Gasteiger partial charge in [0, 0.05) is 24.0 Å². The standard InChI is InChI=1S/C37H42ClN3O6S/c1-5-27(3)39-37(43)34(24-28-13-8-7-9-14-28)40(25-29-15-12-16-31(23-29)46-4)36(42)26-41(33-17-10-11-18-35(33)47-6-2)48(44,45)32-21-19-30(38)20-22-32/h7-23,27,34H,5-6,24-26H2,1-4H3,(H,39,43)/t27-,34+/m0/s1. The van der Waals surface area contributed by atoms with E-state index in [4.69, 9.17) is 21.1 Å². The minimum absolute atomic E-state index is 0.0173. The number of rotatable bonds is 16. The topological polar surface area (TPSA) is 105 Å². The molecule has 0 saturated heterocycles. The molecular weight excluding hydrogens is 650 g/mol. The molecule has 0 radical (unpaired) electrons. The van der Waals surface area contributed by atoms with Gasteiger partial charge in [-0.15, -0.1) is 0 Å². The van der Waals surface area contributed by atoms with Crippen molar-refractivity contribution in [1.82, 2.24) is 10.2 Å². The van der Waals surface area contributed by atoms with Crippen molar-refractivity contribution in [3.05, 3.63) is 119 Å². The minimum atomic E-state index is -4.32.